The van der Waals surface area contributed by atoms with Crippen LogP contribution >= 0.6 is 0 Å². The van der Waals surface area contributed by atoms with Gasteiger partial charge in [-0.2, -0.15) is 8.78 Å². The third kappa shape index (κ3) is 3.34. The Bertz CT molecular complexity index is 1020. The van der Waals surface area contributed by atoms with E-state index in [4.69, 9.17) is 0 Å². The number of nitrogens with zero attached hydrogens (tertiary/aromatic N) is 1. The van der Waals surface area contributed by atoms with Crippen LogP contribution in [0.4, 0.5) is 8.78 Å². The molecule has 0 bridgehead atoms. The van der Waals surface area contributed by atoms with Gasteiger partial charge in [0.2, 0.25) is 5.78 Å². The van der Waals surface area contributed by atoms with Gasteiger partial charge in [-0.3, -0.25) is 9.78 Å². The minimum absolute atomic E-state index is 0.00141. The molecule has 1 aromatic heterocycles. The second-order valence-corrected chi connectivity index (χ2v) is 7.12. The Morgan fingerprint density at radius 2 is 1.82 bits per heavy atom. The number of aromatic nitrogens is 1. The zero-order valence-corrected chi connectivity index (χ0v) is 15.1. The summed E-state index contributed by atoms with van der Waals surface area (Å²) >= 11 is 0. The molecule has 0 saturated carbocycles. The van der Waals surface area contributed by atoms with Gasteiger partial charge < -0.3 is 5.11 Å². The predicted octanol–water partition coefficient (Wildman–Crippen LogP) is 4.28. The molecule has 3 aromatic rings. The summed E-state index contributed by atoms with van der Waals surface area (Å²) in [4.78, 5) is 15.8. The Kier molecular flexibility index (Phi) is 4.77. The summed E-state index contributed by atoms with van der Waals surface area (Å²) in [7, 11) is 0. The van der Waals surface area contributed by atoms with Crippen molar-refractivity contribution in [1.29, 1.82) is 0 Å². The lowest BCUT2D eigenvalue weighted by atomic mass is 9.92. The van der Waals surface area contributed by atoms with E-state index in [1.165, 1.54) is 6.07 Å². The van der Waals surface area contributed by atoms with Gasteiger partial charge in [-0.1, -0.05) is 42.5 Å². The molecule has 1 N–H and O–H groups in total. The first kappa shape index (κ1) is 18.4. The van der Waals surface area contributed by atoms with Crippen molar-refractivity contribution < 1.29 is 18.7 Å². The van der Waals surface area contributed by atoms with Crippen molar-refractivity contribution in [3.8, 4) is 11.1 Å². The molecule has 4 rings (SSSR count). The molecule has 1 heterocycles. The third-order valence-corrected chi connectivity index (χ3v) is 5.25. The van der Waals surface area contributed by atoms with Crippen LogP contribution in [0.15, 0.2) is 67.0 Å². The molecule has 1 aliphatic rings. The number of carbonyl (C=O) groups is 1. The zero-order chi connectivity index (χ0) is 19.7. The van der Waals surface area contributed by atoms with Gasteiger partial charge in [0.1, 0.15) is 0 Å². The van der Waals surface area contributed by atoms with Crippen LogP contribution in [-0.4, -0.2) is 22.5 Å². The average molecular weight is 379 g/mol. The fourth-order valence-electron chi connectivity index (χ4n) is 3.69. The molecule has 1 aliphatic carbocycles. The van der Waals surface area contributed by atoms with E-state index in [1.54, 1.807) is 24.5 Å². The maximum atomic E-state index is 14.1. The minimum Gasteiger partial charge on any atom is -0.396 e. The maximum absolute atomic E-state index is 14.1. The van der Waals surface area contributed by atoms with Crippen molar-refractivity contribution in [2.45, 2.75) is 24.7 Å². The molecule has 0 aliphatic heterocycles. The molecule has 3 nitrogen and oxygen atoms in total. The summed E-state index contributed by atoms with van der Waals surface area (Å²) in [6, 6.07) is 16.4. The lowest BCUT2D eigenvalue weighted by Gasteiger charge is -2.15. The van der Waals surface area contributed by atoms with E-state index in [0.717, 1.165) is 11.1 Å². The van der Waals surface area contributed by atoms with Crippen LogP contribution in [0.1, 0.15) is 28.2 Å². The van der Waals surface area contributed by atoms with Crippen molar-refractivity contribution >= 4 is 5.78 Å². The van der Waals surface area contributed by atoms with E-state index >= 15 is 0 Å². The lowest BCUT2D eigenvalue weighted by Crippen LogP contribution is -2.19. The number of rotatable bonds is 5. The molecule has 1 atom stereocenters. The minimum atomic E-state index is -3.42. The summed E-state index contributed by atoms with van der Waals surface area (Å²) in [5.74, 6) is -4.55. The Morgan fingerprint density at radius 3 is 2.57 bits per heavy atom. The second kappa shape index (κ2) is 7.24. The van der Waals surface area contributed by atoms with Crippen molar-refractivity contribution in [3.63, 3.8) is 0 Å². The van der Waals surface area contributed by atoms with Gasteiger partial charge in [-0.25, -0.2) is 0 Å². The van der Waals surface area contributed by atoms with Gasteiger partial charge in [0.15, 0.2) is 0 Å². The Balaban J connectivity index is 1.63. The number of fused-ring (bicyclic) bond motifs is 1. The first-order valence-electron chi connectivity index (χ1n) is 9.13. The predicted molar refractivity (Wildman–Crippen MR) is 102 cm³/mol. The molecule has 142 valence electrons. The standard InChI is InChI=1S/C23H19F2NO2/c24-23(25)21-10-17(6-7-18(21)11-22(23)28)19-8-15(12-26-13-19)9-20(14-27)16-4-2-1-3-5-16/h1-8,10,12-13,20,27H,9,11,14H2/t20-/m0/s1. The number of hydrogen-bond acceptors (Lipinski definition) is 3. The number of ketones is 1. The highest BCUT2D eigenvalue weighted by molar-refractivity contribution is 5.94. The van der Waals surface area contributed by atoms with Gasteiger partial charge in [-0.15, -0.1) is 0 Å². The third-order valence-electron chi connectivity index (χ3n) is 5.25. The average Bonchev–Trinajstić information content (AvgIpc) is 2.95. The summed E-state index contributed by atoms with van der Waals surface area (Å²) in [6.45, 7) is 0.00141. The van der Waals surface area contributed by atoms with Gasteiger partial charge in [0, 0.05) is 35.9 Å². The van der Waals surface area contributed by atoms with Gasteiger partial charge >= 0.3 is 5.92 Å². The van der Waals surface area contributed by atoms with Crippen molar-refractivity contribution in [3.05, 3.63) is 89.2 Å². The highest BCUT2D eigenvalue weighted by atomic mass is 19.3. The van der Waals surface area contributed by atoms with Crippen LogP contribution in [0.5, 0.6) is 0 Å². The van der Waals surface area contributed by atoms with Crippen molar-refractivity contribution in [1.82, 2.24) is 4.98 Å². The first-order valence-corrected chi connectivity index (χ1v) is 9.13. The van der Waals surface area contributed by atoms with Crippen LogP contribution in [0, 0.1) is 0 Å². The molecule has 0 amide bonds. The van der Waals surface area contributed by atoms with E-state index in [1.807, 2.05) is 36.4 Å². The topological polar surface area (TPSA) is 50.2 Å². The van der Waals surface area contributed by atoms with E-state index in [2.05, 4.69) is 4.98 Å². The molecular weight excluding hydrogens is 360 g/mol. The molecule has 0 spiro atoms. The number of hydrogen-bond donors (Lipinski definition) is 1. The largest absolute Gasteiger partial charge is 0.396 e. The summed E-state index contributed by atoms with van der Waals surface area (Å²) in [5.41, 5.74) is 3.42. The number of halogens is 2. The fourth-order valence-corrected chi connectivity index (χ4v) is 3.69. The normalized spacial score (nSPS) is 16.0. The molecule has 0 unspecified atom stereocenters. The van der Waals surface area contributed by atoms with Crippen LogP contribution in [0.25, 0.3) is 11.1 Å². The van der Waals surface area contributed by atoms with Crippen LogP contribution in [0.3, 0.4) is 0 Å². The van der Waals surface area contributed by atoms with Crippen molar-refractivity contribution in [2.24, 2.45) is 0 Å². The molecule has 28 heavy (non-hydrogen) atoms. The molecule has 2 aromatic carbocycles. The van der Waals surface area contributed by atoms with Crippen LogP contribution in [-0.2, 0) is 23.6 Å². The SMILES string of the molecule is O=C1Cc2ccc(-c3cncc(C[C@@H](CO)c4ccccc4)c3)cc2C1(F)F. The number of aliphatic hydroxyl groups is 1. The molecule has 0 fully saturated rings. The Hall–Kier alpha value is -2.92. The van der Waals surface area contributed by atoms with Crippen LogP contribution < -0.4 is 0 Å². The fraction of sp³-hybridized carbons (Fsp3) is 0.217. The number of benzene rings is 2. The monoisotopic (exact) mass is 379 g/mol. The first-order chi connectivity index (χ1) is 13.5. The lowest BCUT2D eigenvalue weighted by molar-refractivity contribution is -0.141. The number of carbonyl (C=O) groups excluding carboxylic acids is 1. The maximum Gasteiger partial charge on any atom is 0.331 e. The number of alkyl halides is 2. The van der Waals surface area contributed by atoms with E-state index < -0.39 is 11.7 Å². The van der Waals surface area contributed by atoms with Crippen LogP contribution in [0.2, 0.25) is 0 Å². The van der Waals surface area contributed by atoms with E-state index in [-0.39, 0.29) is 24.5 Å². The molecule has 0 radical (unpaired) electrons. The van der Waals surface area contributed by atoms with Gasteiger partial charge in [0.25, 0.3) is 0 Å². The highest BCUT2D eigenvalue weighted by Crippen LogP contribution is 2.40. The Morgan fingerprint density at radius 1 is 1.04 bits per heavy atom. The molecule has 0 saturated heterocycles. The number of aliphatic hydroxyl groups excluding tert-OH is 1. The zero-order valence-electron chi connectivity index (χ0n) is 15.1. The van der Waals surface area contributed by atoms with Gasteiger partial charge in [0.05, 0.1) is 6.61 Å². The molecule has 5 heteroatoms. The quantitative estimate of drug-likeness (QED) is 0.720. The highest BCUT2D eigenvalue weighted by Gasteiger charge is 2.47. The smallest absolute Gasteiger partial charge is 0.331 e. The van der Waals surface area contributed by atoms with E-state index in [9.17, 15) is 18.7 Å². The van der Waals surface area contributed by atoms with E-state index in [0.29, 0.717) is 23.1 Å². The van der Waals surface area contributed by atoms with Gasteiger partial charge in [-0.05, 0) is 40.8 Å². The summed E-state index contributed by atoms with van der Waals surface area (Å²) < 4.78 is 28.2. The summed E-state index contributed by atoms with van der Waals surface area (Å²) in [5, 5.41) is 9.78. The van der Waals surface area contributed by atoms with Crippen molar-refractivity contribution in [2.75, 3.05) is 6.61 Å². The number of pyridine rings is 1. The number of Topliss-reactive ketones (excluding diaryl/α,β-unsaturated/α-hetero) is 1. The molecular formula is C23H19F2NO2. The summed E-state index contributed by atoms with van der Waals surface area (Å²) in [6.07, 6.45) is 3.70. The second-order valence-electron chi connectivity index (χ2n) is 7.12. The Labute approximate surface area is 161 Å².